The average molecular weight is 507 g/mol. The van der Waals surface area contributed by atoms with E-state index in [-0.39, 0.29) is 12.3 Å². The molecule has 0 spiro atoms. The van der Waals surface area contributed by atoms with Gasteiger partial charge < -0.3 is 30.8 Å². The third kappa shape index (κ3) is 7.10. The van der Waals surface area contributed by atoms with Gasteiger partial charge >= 0.3 is 5.97 Å². The first kappa shape index (κ1) is 26.2. The number of nitrogens with two attached hydrogens (primary N) is 1. The maximum absolute atomic E-state index is 13.3. The van der Waals surface area contributed by atoms with E-state index >= 15 is 0 Å². The van der Waals surface area contributed by atoms with E-state index in [1.54, 1.807) is 0 Å². The molecule has 1 aliphatic heterocycles. The fourth-order valence-corrected chi connectivity index (χ4v) is 4.80. The van der Waals surface area contributed by atoms with Crippen molar-refractivity contribution in [1.29, 1.82) is 0 Å². The number of para-hydroxylation sites is 1. The van der Waals surface area contributed by atoms with Crippen LogP contribution in [0.1, 0.15) is 30.4 Å². The second-order valence-corrected chi connectivity index (χ2v) is 9.46. The fourth-order valence-electron chi connectivity index (χ4n) is 4.80. The van der Waals surface area contributed by atoms with Gasteiger partial charge in [-0.25, -0.2) is 0 Å². The molecule has 0 fully saturated rings. The van der Waals surface area contributed by atoms with Crippen molar-refractivity contribution in [2.75, 3.05) is 25.5 Å². The number of nitrogens with one attached hydrogen (secondary N) is 2. The van der Waals surface area contributed by atoms with Gasteiger partial charge in [-0.05, 0) is 48.6 Å². The summed E-state index contributed by atoms with van der Waals surface area (Å²) in [6.07, 6.45) is 3.74. The Balaban J connectivity index is 1.49. The SMILES string of the molecule is Nc1ccc(CCC[C@H](CC(=O)O)C(=O)N[C@H]2Cc3cn(c4ccccc34)CCOCCNC2=O)cc1. The van der Waals surface area contributed by atoms with Gasteiger partial charge in [0.2, 0.25) is 11.8 Å². The lowest BCUT2D eigenvalue weighted by atomic mass is 9.94. The largest absolute Gasteiger partial charge is 0.481 e. The van der Waals surface area contributed by atoms with Gasteiger partial charge in [0.05, 0.1) is 19.6 Å². The lowest BCUT2D eigenvalue weighted by Crippen LogP contribution is -2.50. The summed E-state index contributed by atoms with van der Waals surface area (Å²) in [4.78, 5) is 37.9. The van der Waals surface area contributed by atoms with Crippen LogP contribution in [0.15, 0.2) is 54.7 Å². The van der Waals surface area contributed by atoms with Crippen molar-refractivity contribution in [1.82, 2.24) is 15.2 Å². The van der Waals surface area contributed by atoms with Crippen LogP contribution in [-0.2, 0) is 38.5 Å². The average Bonchev–Trinajstić information content (AvgIpc) is 3.22. The maximum Gasteiger partial charge on any atom is 0.304 e. The van der Waals surface area contributed by atoms with Crippen molar-refractivity contribution in [3.8, 4) is 0 Å². The van der Waals surface area contributed by atoms with Crippen molar-refractivity contribution < 1.29 is 24.2 Å². The molecule has 0 saturated heterocycles. The minimum absolute atomic E-state index is 0.297. The molecule has 0 saturated carbocycles. The van der Waals surface area contributed by atoms with Crippen LogP contribution in [0.25, 0.3) is 10.9 Å². The van der Waals surface area contributed by atoms with Crippen LogP contribution < -0.4 is 16.4 Å². The minimum Gasteiger partial charge on any atom is -0.481 e. The molecular weight excluding hydrogens is 472 g/mol. The number of aromatic nitrogens is 1. The molecule has 3 aromatic rings. The molecule has 0 aliphatic carbocycles. The molecule has 4 rings (SSSR count). The number of fused-ring (bicyclic) bond motifs is 5. The molecule has 2 amide bonds. The molecule has 2 bridgehead atoms. The molecule has 9 heteroatoms. The van der Waals surface area contributed by atoms with Crippen LogP contribution in [0.5, 0.6) is 0 Å². The fraction of sp³-hybridized carbons (Fsp3) is 0.393. The number of carbonyl (C=O) groups excluding carboxylic acids is 2. The highest BCUT2D eigenvalue weighted by molar-refractivity contribution is 5.91. The van der Waals surface area contributed by atoms with Crippen LogP contribution in [0, 0.1) is 5.92 Å². The van der Waals surface area contributed by atoms with Gasteiger partial charge in [0.15, 0.2) is 0 Å². The van der Waals surface area contributed by atoms with Crippen molar-refractivity contribution in [3.05, 3.63) is 65.9 Å². The van der Waals surface area contributed by atoms with Crippen LogP contribution in [0.2, 0.25) is 0 Å². The number of carbonyl (C=O) groups is 3. The number of anilines is 1. The third-order valence-electron chi connectivity index (χ3n) is 6.74. The van der Waals surface area contributed by atoms with Crippen LogP contribution in [-0.4, -0.2) is 53.3 Å². The Morgan fingerprint density at radius 3 is 2.73 bits per heavy atom. The standard InChI is InChI=1S/C28H34N4O5/c29-22-10-8-19(9-11-22)4-3-5-20(17-26(33)34)27(35)31-24-16-21-18-32(25-7-2-1-6-23(21)25)13-15-37-14-12-30-28(24)36/h1-2,6-11,18,20,24H,3-5,12-17,29H2,(H,30,36)(H,31,35)(H,33,34)/t20-,24+/m1/s1. The number of carboxylic acids is 1. The van der Waals surface area contributed by atoms with E-state index in [0.29, 0.717) is 57.7 Å². The van der Waals surface area contributed by atoms with Gasteiger partial charge in [-0.2, -0.15) is 0 Å². The topological polar surface area (TPSA) is 136 Å². The number of hydrogen-bond donors (Lipinski definition) is 4. The van der Waals surface area contributed by atoms with E-state index in [4.69, 9.17) is 10.5 Å². The number of carboxylic acid groups (broad SMARTS) is 1. The molecule has 37 heavy (non-hydrogen) atoms. The molecule has 5 N–H and O–H groups in total. The first-order valence-corrected chi connectivity index (χ1v) is 12.7. The smallest absolute Gasteiger partial charge is 0.304 e. The highest BCUT2D eigenvalue weighted by Crippen LogP contribution is 2.23. The van der Waals surface area contributed by atoms with Crippen LogP contribution in [0.4, 0.5) is 5.69 Å². The number of aryl methyl sites for hydroxylation is 1. The normalized spacial score (nSPS) is 17.3. The van der Waals surface area contributed by atoms with Gasteiger partial charge in [0.25, 0.3) is 0 Å². The Morgan fingerprint density at radius 2 is 1.95 bits per heavy atom. The summed E-state index contributed by atoms with van der Waals surface area (Å²) in [5, 5.41) is 16.2. The van der Waals surface area contributed by atoms with Gasteiger partial charge in [0, 0.05) is 48.2 Å². The Morgan fingerprint density at radius 1 is 1.16 bits per heavy atom. The Bertz CT molecular complexity index is 1240. The predicted molar refractivity (Wildman–Crippen MR) is 141 cm³/mol. The van der Waals surface area contributed by atoms with Crippen molar-refractivity contribution >= 4 is 34.4 Å². The molecule has 196 valence electrons. The van der Waals surface area contributed by atoms with Gasteiger partial charge in [-0.1, -0.05) is 30.3 Å². The number of nitrogens with zero attached hydrogens (tertiary/aromatic N) is 1. The molecule has 2 aromatic carbocycles. The predicted octanol–water partition coefficient (Wildman–Crippen LogP) is 2.51. The molecule has 0 radical (unpaired) electrons. The van der Waals surface area contributed by atoms with E-state index < -0.39 is 23.8 Å². The summed E-state index contributed by atoms with van der Waals surface area (Å²) >= 11 is 0. The zero-order chi connectivity index (χ0) is 26.2. The molecule has 2 heterocycles. The Labute approximate surface area is 216 Å². The number of rotatable bonds is 8. The summed E-state index contributed by atoms with van der Waals surface area (Å²) in [5.74, 6) is -2.53. The monoisotopic (exact) mass is 506 g/mol. The van der Waals surface area contributed by atoms with Crippen molar-refractivity contribution in [2.24, 2.45) is 5.92 Å². The summed E-state index contributed by atoms with van der Waals surface area (Å²) in [6.45, 7) is 1.91. The Kier molecular flexibility index (Phi) is 8.79. The Hall–Kier alpha value is -3.85. The van der Waals surface area contributed by atoms with Crippen molar-refractivity contribution in [3.63, 3.8) is 0 Å². The van der Waals surface area contributed by atoms with E-state index in [1.165, 1.54) is 0 Å². The molecule has 2 atom stereocenters. The molecular formula is C28H34N4O5. The highest BCUT2D eigenvalue weighted by atomic mass is 16.5. The van der Waals surface area contributed by atoms with Gasteiger partial charge in [-0.15, -0.1) is 0 Å². The van der Waals surface area contributed by atoms with E-state index in [1.807, 2.05) is 54.7 Å². The molecule has 1 aromatic heterocycles. The summed E-state index contributed by atoms with van der Waals surface area (Å²) in [6, 6.07) is 14.6. The number of ether oxygens (including phenoxy) is 1. The van der Waals surface area contributed by atoms with Crippen molar-refractivity contribution in [2.45, 2.75) is 44.7 Å². The summed E-state index contributed by atoms with van der Waals surface area (Å²) < 4.78 is 7.77. The lowest BCUT2D eigenvalue weighted by molar-refractivity contribution is -0.141. The second kappa shape index (κ2) is 12.4. The molecule has 9 nitrogen and oxygen atoms in total. The highest BCUT2D eigenvalue weighted by Gasteiger charge is 2.28. The summed E-state index contributed by atoms with van der Waals surface area (Å²) in [7, 11) is 0. The van der Waals surface area contributed by atoms with E-state index in [0.717, 1.165) is 22.0 Å². The van der Waals surface area contributed by atoms with Gasteiger partial charge in [-0.3, -0.25) is 14.4 Å². The minimum atomic E-state index is -1.05. The van der Waals surface area contributed by atoms with Crippen LogP contribution in [0.3, 0.4) is 0 Å². The van der Waals surface area contributed by atoms with E-state index in [9.17, 15) is 19.5 Å². The third-order valence-corrected chi connectivity index (χ3v) is 6.74. The second-order valence-electron chi connectivity index (χ2n) is 9.46. The first-order chi connectivity index (χ1) is 17.9. The zero-order valence-electron chi connectivity index (χ0n) is 20.8. The number of benzene rings is 2. The van der Waals surface area contributed by atoms with E-state index in [2.05, 4.69) is 15.2 Å². The maximum atomic E-state index is 13.3. The quantitative estimate of drug-likeness (QED) is 0.347. The molecule has 1 aliphatic rings. The van der Waals surface area contributed by atoms with Crippen LogP contribution >= 0.6 is 0 Å². The first-order valence-electron chi connectivity index (χ1n) is 12.7. The number of hydrogen-bond acceptors (Lipinski definition) is 5. The van der Waals surface area contributed by atoms with Gasteiger partial charge in [0.1, 0.15) is 6.04 Å². The summed E-state index contributed by atoms with van der Waals surface area (Å²) in [5.41, 5.74) is 9.47. The molecule has 0 unspecified atom stereocenters. The number of nitrogen functional groups attached to an aromatic ring is 1. The number of aliphatic carboxylic acids is 1. The zero-order valence-corrected chi connectivity index (χ0v) is 20.8. The number of amides is 2. The lowest BCUT2D eigenvalue weighted by Gasteiger charge is -2.22.